The van der Waals surface area contributed by atoms with Crippen LogP contribution < -0.4 is 9.47 Å². The van der Waals surface area contributed by atoms with Crippen LogP contribution in [0, 0.1) is 0 Å². The number of hydrogen-bond acceptors (Lipinski definition) is 5. The van der Waals surface area contributed by atoms with Gasteiger partial charge in [0.25, 0.3) is 0 Å². The minimum Gasteiger partial charge on any atom is -0.493 e. The first-order valence-electron chi connectivity index (χ1n) is 11.2. The van der Waals surface area contributed by atoms with E-state index in [1.54, 1.807) is 33.6 Å². The first kappa shape index (κ1) is 22.1. The first-order valence-corrected chi connectivity index (χ1v) is 11.2. The summed E-state index contributed by atoms with van der Waals surface area (Å²) in [5, 5.41) is 0. The number of methoxy groups -OCH3 is 1. The fraction of sp³-hybridized carbons (Fsp3) is 0.480. The van der Waals surface area contributed by atoms with E-state index in [-0.39, 0.29) is 18.0 Å². The lowest BCUT2D eigenvalue weighted by molar-refractivity contribution is -0.130. The van der Waals surface area contributed by atoms with E-state index < -0.39 is 5.41 Å². The van der Waals surface area contributed by atoms with Gasteiger partial charge in [0.2, 0.25) is 5.91 Å². The van der Waals surface area contributed by atoms with Crippen molar-refractivity contribution in [1.29, 1.82) is 0 Å². The number of imide groups is 1. The number of rotatable bonds is 6. The number of benzene rings is 1. The summed E-state index contributed by atoms with van der Waals surface area (Å²) < 4.78 is 11.9. The maximum atomic E-state index is 13.8. The Bertz CT molecular complexity index is 972. The number of aromatic nitrogens is 1. The molecule has 0 spiro atoms. The zero-order valence-electron chi connectivity index (χ0n) is 19.0. The second-order valence-electron chi connectivity index (χ2n) is 8.89. The summed E-state index contributed by atoms with van der Waals surface area (Å²) in [7, 11) is 4.96. The van der Waals surface area contributed by atoms with E-state index in [0.29, 0.717) is 30.9 Å². The van der Waals surface area contributed by atoms with Gasteiger partial charge in [-0.05, 0) is 73.9 Å². The maximum absolute atomic E-state index is 13.8. The number of amides is 3. The summed E-state index contributed by atoms with van der Waals surface area (Å²) >= 11 is 0. The van der Waals surface area contributed by atoms with E-state index in [0.717, 1.165) is 24.0 Å². The molecular weight excluding hydrogens is 406 g/mol. The van der Waals surface area contributed by atoms with E-state index in [1.807, 2.05) is 30.3 Å². The minimum atomic E-state index is -0.854. The zero-order chi connectivity index (χ0) is 22.7. The Labute approximate surface area is 189 Å². The van der Waals surface area contributed by atoms with Crippen LogP contribution in [-0.2, 0) is 16.6 Å². The molecule has 1 atom stereocenters. The molecule has 1 aromatic heterocycles. The molecule has 2 fully saturated rings. The lowest BCUT2D eigenvalue weighted by atomic mass is 9.74. The number of ether oxygens (including phenoxy) is 2. The molecular formula is C25H31N3O4. The van der Waals surface area contributed by atoms with Crippen LogP contribution in [0.2, 0.25) is 0 Å². The van der Waals surface area contributed by atoms with Gasteiger partial charge in [0.15, 0.2) is 11.5 Å². The van der Waals surface area contributed by atoms with Crippen molar-refractivity contribution in [2.24, 2.45) is 0 Å². The molecule has 0 N–H and O–H groups in total. The van der Waals surface area contributed by atoms with E-state index in [4.69, 9.17) is 9.47 Å². The summed E-state index contributed by atoms with van der Waals surface area (Å²) in [6.45, 7) is 0.381. The lowest BCUT2D eigenvalue weighted by Crippen LogP contribution is -2.45. The number of hydrogen-bond donors (Lipinski definition) is 0. The Balaban J connectivity index is 1.75. The maximum Gasteiger partial charge on any atom is 0.326 e. The smallest absolute Gasteiger partial charge is 0.326 e. The van der Waals surface area contributed by atoms with Crippen LogP contribution in [0.3, 0.4) is 0 Å². The Morgan fingerprint density at radius 1 is 1.16 bits per heavy atom. The van der Waals surface area contributed by atoms with E-state index in [2.05, 4.69) is 4.98 Å². The third-order valence-corrected chi connectivity index (χ3v) is 6.60. The summed E-state index contributed by atoms with van der Waals surface area (Å²) in [5.74, 6) is 1.15. The third-order valence-electron chi connectivity index (χ3n) is 6.60. The van der Waals surface area contributed by atoms with Crippen LogP contribution in [-0.4, -0.2) is 60.6 Å². The molecule has 1 saturated carbocycles. The predicted molar refractivity (Wildman–Crippen MR) is 121 cm³/mol. The minimum absolute atomic E-state index is 0.168. The predicted octanol–water partition coefficient (Wildman–Crippen LogP) is 3.81. The molecule has 170 valence electrons. The average molecular weight is 438 g/mol. The van der Waals surface area contributed by atoms with Crippen molar-refractivity contribution in [3.63, 3.8) is 0 Å². The molecule has 2 heterocycles. The van der Waals surface area contributed by atoms with Crippen molar-refractivity contribution in [1.82, 2.24) is 14.8 Å². The van der Waals surface area contributed by atoms with Gasteiger partial charge in [-0.25, -0.2) is 4.79 Å². The van der Waals surface area contributed by atoms with Gasteiger partial charge in [0.05, 0.1) is 18.6 Å². The SMILES string of the molecule is COc1ccc(C2(Cc3ccncc3)CCN(C(=O)N(C)C)C2=O)cc1OC1CCCC1. The number of carbonyl (C=O) groups is 2. The fourth-order valence-corrected chi connectivity index (χ4v) is 4.83. The highest BCUT2D eigenvalue weighted by atomic mass is 16.5. The Morgan fingerprint density at radius 2 is 1.88 bits per heavy atom. The molecule has 2 aliphatic rings. The molecule has 32 heavy (non-hydrogen) atoms. The number of urea groups is 1. The van der Waals surface area contributed by atoms with Crippen LogP contribution in [0.25, 0.3) is 0 Å². The number of likely N-dealkylation sites (tertiary alicyclic amines) is 1. The number of pyridine rings is 1. The molecule has 1 aliphatic heterocycles. The van der Waals surface area contributed by atoms with Crippen LogP contribution in [0.15, 0.2) is 42.7 Å². The Kier molecular flexibility index (Phi) is 6.35. The molecule has 1 saturated heterocycles. The second kappa shape index (κ2) is 9.18. The molecule has 0 radical (unpaired) electrons. The van der Waals surface area contributed by atoms with Crippen LogP contribution in [0.1, 0.15) is 43.2 Å². The van der Waals surface area contributed by atoms with Crippen LogP contribution in [0.4, 0.5) is 4.79 Å². The van der Waals surface area contributed by atoms with Gasteiger partial charge in [-0.2, -0.15) is 0 Å². The summed E-state index contributed by atoms with van der Waals surface area (Å²) in [4.78, 5) is 33.4. The topological polar surface area (TPSA) is 72.0 Å². The van der Waals surface area contributed by atoms with Gasteiger partial charge < -0.3 is 14.4 Å². The quantitative estimate of drug-likeness (QED) is 0.687. The van der Waals surface area contributed by atoms with Gasteiger partial charge >= 0.3 is 6.03 Å². The van der Waals surface area contributed by atoms with Gasteiger partial charge in [-0.3, -0.25) is 14.7 Å². The monoisotopic (exact) mass is 437 g/mol. The van der Waals surface area contributed by atoms with Crippen LogP contribution in [0.5, 0.6) is 11.5 Å². The van der Waals surface area contributed by atoms with Gasteiger partial charge in [0, 0.05) is 33.0 Å². The van der Waals surface area contributed by atoms with Crippen molar-refractivity contribution in [3.8, 4) is 11.5 Å². The van der Waals surface area contributed by atoms with Gasteiger partial charge in [-0.15, -0.1) is 0 Å². The normalized spacial score (nSPS) is 21.1. The van der Waals surface area contributed by atoms with Crippen molar-refractivity contribution in [2.45, 2.75) is 50.0 Å². The molecule has 1 unspecified atom stereocenters. The van der Waals surface area contributed by atoms with E-state index in [9.17, 15) is 9.59 Å². The highest BCUT2D eigenvalue weighted by molar-refractivity contribution is 6.02. The Morgan fingerprint density at radius 3 is 2.53 bits per heavy atom. The van der Waals surface area contributed by atoms with Crippen molar-refractivity contribution >= 4 is 11.9 Å². The molecule has 7 nitrogen and oxygen atoms in total. The second-order valence-corrected chi connectivity index (χ2v) is 8.89. The Hall–Kier alpha value is -3.09. The van der Waals surface area contributed by atoms with Crippen molar-refractivity contribution in [2.75, 3.05) is 27.7 Å². The highest BCUT2D eigenvalue weighted by Crippen LogP contribution is 2.43. The van der Waals surface area contributed by atoms with Gasteiger partial charge in [0.1, 0.15) is 0 Å². The zero-order valence-corrected chi connectivity index (χ0v) is 19.0. The molecule has 3 amide bonds. The molecule has 2 aromatic rings. The molecule has 1 aliphatic carbocycles. The van der Waals surface area contributed by atoms with E-state index in [1.165, 1.54) is 22.6 Å². The number of carbonyl (C=O) groups excluding carboxylic acids is 2. The van der Waals surface area contributed by atoms with Crippen LogP contribution >= 0.6 is 0 Å². The standard InChI is InChI=1S/C25H31N3O4/c1-27(2)24(30)28-15-12-25(23(28)29,17-18-10-13-26-14-11-18)19-8-9-21(31-3)22(16-19)32-20-6-4-5-7-20/h8-11,13-14,16,20H,4-7,12,15,17H2,1-3H3. The largest absolute Gasteiger partial charge is 0.493 e. The average Bonchev–Trinajstić information content (AvgIpc) is 3.42. The molecule has 0 bridgehead atoms. The van der Waals surface area contributed by atoms with E-state index >= 15 is 0 Å². The summed E-state index contributed by atoms with van der Waals surface area (Å²) in [5.41, 5.74) is 0.997. The molecule has 7 heteroatoms. The fourth-order valence-electron chi connectivity index (χ4n) is 4.83. The summed E-state index contributed by atoms with van der Waals surface area (Å²) in [6, 6.07) is 9.30. The van der Waals surface area contributed by atoms with Crippen molar-refractivity contribution < 1.29 is 19.1 Å². The number of nitrogens with zero attached hydrogens (tertiary/aromatic N) is 3. The third kappa shape index (κ3) is 4.16. The molecule has 1 aromatic carbocycles. The highest BCUT2D eigenvalue weighted by Gasteiger charge is 2.50. The molecule has 4 rings (SSSR count). The first-order chi connectivity index (χ1) is 15.4. The van der Waals surface area contributed by atoms with Crippen molar-refractivity contribution in [3.05, 3.63) is 53.9 Å². The summed E-state index contributed by atoms with van der Waals surface area (Å²) in [6.07, 6.45) is 9.05. The van der Waals surface area contributed by atoms with Gasteiger partial charge in [-0.1, -0.05) is 6.07 Å². The lowest BCUT2D eigenvalue weighted by Gasteiger charge is -2.30.